The molecule has 3 amide bonds. The molecule has 1 aromatic rings. The number of rotatable bonds is 7. The number of nitrogens with one attached hydrogen (secondary N) is 1. The van der Waals surface area contributed by atoms with Crippen LogP contribution in [0, 0.1) is 5.82 Å². The lowest BCUT2D eigenvalue weighted by Crippen LogP contribution is -2.40. The molecule has 2 rings (SSSR count). The fraction of sp³-hybridized carbons (Fsp3) is 0.500. The summed E-state index contributed by atoms with van der Waals surface area (Å²) in [4.78, 5) is 27.2. The number of carbonyl (C=O) groups is 2. The van der Waals surface area contributed by atoms with Gasteiger partial charge in [0.25, 0.3) is 0 Å². The van der Waals surface area contributed by atoms with Crippen molar-refractivity contribution >= 4 is 11.9 Å². The number of nitrogens with zero attached hydrogens (tertiary/aromatic N) is 2. The summed E-state index contributed by atoms with van der Waals surface area (Å²) in [7, 11) is 0. The predicted octanol–water partition coefficient (Wildman–Crippen LogP) is 1.98. The highest BCUT2D eigenvalue weighted by molar-refractivity contribution is 5.85. The Morgan fingerprint density at radius 3 is 2.59 bits per heavy atom. The van der Waals surface area contributed by atoms with Crippen molar-refractivity contribution in [1.29, 1.82) is 0 Å². The average molecular weight is 307 g/mol. The Balaban J connectivity index is 1.81. The van der Waals surface area contributed by atoms with Gasteiger partial charge < -0.3 is 15.1 Å². The van der Waals surface area contributed by atoms with Gasteiger partial charge in [0.15, 0.2) is 0 Å². The van der Waals surface area contributed by atoms with Crippen molar-refractivity contribution < 1.29 is 14.0 Å². The van der Waals surface area contributed by atoms with Crippen molar-refractivity contribution in [1.82, 2.24) is 15.1 Å². The molecule has 1 N–H and O–H groups in total. The van der Waals surface area contributed by atoms with E-state index in [0.29, 0.717) is 26.2 Å². The fourth-order valence-corrected chi connectivity index (χ4v) is 2.37. The Morgan fingerprint density at radius 2 is 1.91 bits per heavy atom. The Labute approximate surface area is 130 Å². The lowest BCUT2D eigenvalue weighted by molar-refractivity contribution is -0.121. The topological polar surface area (TPSA) is 52.7 Å². The summed E-state index contributed by atoms with van der Waals surface area (Å²) in [5, 5.41) is 2.81. The number of carbonyl (C=O) groups excluding carboxylic acids is 2. The number of hydrogen-bond acceptors (Lipinski definition) is 2. The molecule has 1 saturated heterocycles. The highest BCUT2D eigenvalue weighted by Crippen LogP contribution is 2.13. The van der Waals surface area contributed by atoms with Gasteiger partial charge in [-0.1, -0.05) is 25.5 Å². The Morgan fingerprint density at radius 1 is 1.23 bits per heavy atom. The number of amides is 3. The Hall–Kier alpha value is -2.11. The summed E-state index contributed by atoms with van der Waals surface area (Å²) in [6.07, 6.45) is 1.96. The molecular formula is C16H22FN3O2. The van der Waals surface area contributed by atoms with Crippen LogP contribution in [0.5, 0.6) is 0 Å². The Bertz CT molecular complexity index is 519. The van der Waals surface area contributed by atoms with Crippen molar-refractivity contribution in [2.75, 3.05) is 26.2 Å². The first-order chi connectivity index (χ1) is 10.6. The molecule has 1 fully saturated rings. The second-order valence-electron chi connectivity index (χ2n) is 5.46. The Kier molecular flexibility index (Phi) is 5.75. The maximum Gasteiger partial charge on any atom is 0.320 e. The van der Waals surface area contributed by atoms with Crippen LogP contribution < -0.4 is 5.32 Å². The second kappa shape index (κ2) is 7.77. The number of halogens is 1. The molecule has 0 bridgehead atoms. The third-order valence-corrected chi connectivity index (χ3v) is 3.65. The third kappa shape index (κ3) is 4.44. The molecule has 0 spiro atoms. The lowest BCUT2D eigenvalue weighted by Gasteiger charge is -2.18. The molecule has 0 aliphatic carbocycles. The number of hydrogen-bond donors (Lipinski definition) is 1. The van der Waals surface area contributed by atoms with Gasteiger partial charge in [-0.2, -0.15) is 0 Å². The summed E-state index contributed by atoms with van der Waals surface area (Å²) < 4.78 is 12.9. The SMILES string of the molecule is CCCCNC(=O)CN1CCN(Cc2ccc(F)cc2)C1=O. The maximum atomic E-state index is 12.9. The molecule has 120 valence electrons. The normalized spacial score (nSPS) is 14.5. The number of benzene rings is 1. The van der Waals surface area contributed by atoms with Gasteiger partial charge in [0, 0.05) is 26.2 Å². The van der Waals surface area contributed by atoms with Crippen LogP contribution in [0.15, 0.2) is 24.3 Å². The highest BCUT2D eigenvalue weighted by atomic mass is 19.1. The second-order valence-corrected chi connectivity index (χ2v) is 5.46. The predicted molar refractivity (Wildman–Crippen MR) is 81.7 cm³/mol. The van der Waals surface area contributed by atoms with E-state index in [1.165, 1.54) is 12.1 Å². The minimum Gasteiger partial charge on any atom is -0.355 e. The first-order valence-electron chi connectivity index (χ1n) is 7.65. The molecular weight excluding hydrogens is 285 g/mol. The summed E-state index contributed by atoms with van der Waals surface area (Å²) in [5.41, 5.74) is 0.879. The van der Waals surface area contributed by atoms with Crippen LogP contribution in [0.25, 0.3) is 0 Å². The van der Waals surface area contributed by atoms with E-state index >= 15 is 0 Å². The maximum absolute atomic E-state index is 12.9. The van der Waals surface area contributed by atoms with E-state index in [-0.39, 0.29) is 24.3 Å². The van der Waals surface area contributed by atoms with E-state index in [0.717, 1.165) is 18.4 Å². The largest absolute Gasteiger partial charge is 0.355 e. The van der Waals surface area contributed by atoms with Crippen LogP contribution in [-0.2, 0) is 11.3 Å². The molecule has 5 nitrogen and oxygen atoms in total. The van der Waals surface area contributed by atoms with E-state index in [1.54, 1.807) is 21.9 Å². The zero-order chi connectivity index (χ0) is 15.9. The van der Waals surface area contributed by atoms with E-state index < -0.39 is 0 Å². The minimum absolute atomic E-state index is 0.0997. The average Bonchev–Trinajstić information content (AvgIpc) is 2.83. The molecule has 0 aromatic heterocycles. The van der Waals surface area contributed by atoms with Crippen molar-refractivity contribution in [2.45, 2.75) is 26.3 Å². The summed E-state index contributed by atoms with van der Waals surface area (Å²) in [6.45, 7) is 4.37. The first kappa shape index (κ1) is 16.3. The van der Waals surface area contributed by atoms with Crippen molar-refractivity contribution in [3.8, 4) is 0 Å². The third-order valence-electron chi connectivity index (χ3n) is 3.65. The van der Waals surface area contributed by atoms with Gasteiger partial charge in [-0.15, -0.1) is 0 Å². The van der Waals surface area contributed by atoms with Gasteiger partial charge in [-0.3, -0.25) is 4.79 Å². The van der Waals surface area contributed by atoms with Crippen LogP contribution in [0.1, 0.15) is 25.3 Å². The summed E-state index contributed by atoms with van der Waals surface area (Å²) in [6, 6.07) is 5.96. The highest BCUT2D eigenvalue weighted by Gasteiger charge is 2.29. The van der Waals surface area contributed by atoms with Crippen LogP contribution in [0.2, 0.25) is 0 Å². The quantitative estimate of drug-likeness (QED) is 0.783. The monoisotopic (exact) mass is 307 g/mol. The fourth-order valence-electron chi connectivity index (χ4n) is 2.37. The smallest absolute Gasteiger partial charge is 0.320 e. The molecule has 1 aromatic carbocycles. The van der Waals surface area contributed by atoms with Gasteiger partial charge in [0.2, 0.25) is 5.91 Å². The van der Waals surface area contributed by atoms with E-state index in [9.17, 15) is 14.0 Å². The molecule has 22 heavy (non-hydrogen) atoms. The minimum atomic E-state index is -0.290. The zero-order valence-electron chi connectivity index (χ0n) is 12.8. The lowest BCUT2D eigenvalue weighted by atomic mass is 10.2. The molecule has 0 atom stereocenters. The molecule has 6 heteroatoms. The van der Waals surface area contributed by atoms with Crippen LogP contribution in [0.3, 0.4) is 0 Å². The van der Waals surface area contributed by atoms with Gasteiger partial charge in [0.05, 0.1) is 0 Å². The van der Waals surface area contributed by atoms with Crippen molar-refractivity contribution in [3.05, 3.63) is 35.6 Å². The van der Waals surface area contributed by atoms with E-state index in [2.05, 4.69) is 12.2 Å². The van der Waals surface area contributed by atoms with Gasteiger partial charge in [-0.05, 0) is 24.1 Å². The van der Waals surface area contributed by atoms with Crippen molar-refractivity contribution in [2.24, 2.45) is 0 Å². The molecule has 1 heterocycles. The summed E-state index contributed by atoms with van der Waals surface area (Å²) in [5.74, 6) is -0.410. The molecule has 0 radical (unpaired) electrons. The number of unbranched alkanes of at least 4 members (excludes halogenated alkanes) is 1. The van der Waals surface area contributed by atoms with E-state index in [4.69, 9.17) is 0 Å². The van der Waals surface area contributed by atoms with Gasteiger partial charge >= 0.3 is 6.03 Å². The first-order valence-corrected chi connectivity index (χ1v) is 7.65. The summed E-state index contributed by atoms with van der Waals surface area (Å²) >= 11 is 0. The van der Waals surface area contributed by atoms with Crippen LogP contribution in [0.4, 0.5) is 9.18 Å². The van der Waals surface area contributed by atoms with Crippen LogP contribution in [-0.4, -0.2) is 47.9 Å². The molecule has 0 unspecified atom stereocenters. The van der Waals surface area contributed by atoms with Gasteiger partial charge in [-0.25, -0.2) is 9.18 Å². The molecule has 0 saturated carbocycles. The molecule has 1 aliphatic rings. The van der Waals surface area contributed by atoms with Crippen molar-refractivity contribution in [3.63, 3.8) is 0 Å². The standard InChI is InChI=1S/C16H22FN3O2/c1-2-3-8-18-15(21)12-20-10-9-19(16(20)22)11-13-4-6-14(17)7-5-13/h4-7H,2-3,8-12H2,1H3,(H,18,21). The zero-order valence-corrected chi connectivity index (χ0v) is 12.8. The van der Waals surface area contributed by atoms with Crippen LogP contribution >= 0.6 is 0 Å². The number of urea groups is 1. The molecule has 1 aliphatic heterocycles. The van der Waals surface area contributed by atoms with Gasteiger partial charge in [0.1, 0.15) is 12.4 Å². The van der Waals surface area contributed by atoms with E-state index in [1.807, 2.05) is 0 Å².